The summed E-state index contributed by atoms with van der Waals surface area (Å²) >= 11 is 0. The zero-order chi connectivity index (χ0) is 15.9. The molecule has 23 heavy (non-hydrogen) atoms. The van der Waals surface area contributed by atoms with Gasteiger partial charge in [0.25, 0.3) is 0 Å². The van der Waals surface area contributed by atoms with Crippen molar-refractivity contribution >= 4 is 16.9 Å². The quantitative estimate of drug-likeness (QED) is 0.926. The maximum atomic E-state index is 12.7. The summed E-state index contributed by atoms with van der Waals surface area (Å²) in [6.45, 7) is 5.35. The van der Waals surface area contributed by atoms with Crippen LogP contribution >= 0.6 is 0 Å². The van der Waals surface area contributed by atoms with E-state index < -0.39 is 0 Å². The number of aromatic amines is 1. The molecule has 1 spiro atoms. The molecule has 2 saturated heterocycles. The second-order valence-corrected chi connectivity index (χ2v) is 7.07. The highest BCUT2D eigenvalue weighted by molar-refractivity contribution is 5.82. The molecular formula is C18H23N3O2. The number of likely N-dealkylation sites (tertiary alicyclic amines) is 1. The number of aryl methyl sites for hydroxylation is 1. The van der Waals surface area contributed by atoms with Gasteiger partial charge >= 0.3 is 0 Å². The Morgan fingerprint density at radius 3 is 3.17 bits per heavy atom. The number of fused-ring (bicyclic) bond motifs is 1. The second kappa shape index (κ2) is 5.64. The Balaban J connectivity index is 1.47. The molecule has 2 aliphatic rings. The number of nitrogens with one attached hydrogen (secondary N) is 1. The van der Waals surface area contributed by atoms with Crippen LogP contribution in [0, 0.1) is 12.3 Å². The van der Waals surface area contributed by atoms with Gasteiger partial charge in [0.1, 0.15) is 5.82 Å². The van der Waals surface area contributed by atoms with Gasteiger partial charge in [-0.15, -0.1) is 0 Å². The van der Waals surface area contributed by atoms with Crippen LogP contribution in [-0.2, 0) is 16.0 Å². The summed E-state index contributed by atoms with van der Waals surface area (Å²) in [7, 11) is 0. The largest absolute Gasteiger partial charge is 0.381 e. The van der Waals surface area contributed by atoms with Gasteiger partial charge in [0.15, 0.2) is 0 Å². The molecule has 2 fully saturated rings. The van der Waals surface area contributed by atoms with Crippen LogP contribution in [0.1, 0.15) is 30.7 Å². The van der Waals surface area contributed by atoms with Gasteiger partial charge in [-0.25, -0.2) is 4.98 Å². The third kappa shape index (κ3) is 2.85. The average molecular weight is 313 g/mol. The fourth-order valence-corrected chi connectivity index (χ4v) is 3.97. The van der Waals surface area contributed by atoms with Crippen LogP contribution in [0.5, 0.6) is 0 Å². The number of hydrogen-bond acceptors (Lipinski definition) is 3. The Morgan fingerprint density at radius 1 is 1.43 bits per heavy atom. The van der Waals surface area contributed by atoms with Gasteiger partial charge in [-0.2, -0.15) is 0 Å². The lowest BCUT2D eigenvalue weighted by molar-refractivity contribution is -0.134. The van der Waals surface area contributed by atoms with Gasteiger partial charge in [0.2, 0.25) is 5.91 Å². The Hall–Kier alpha value is -1.88. The fourth-order valence-electron chi connectivity index (χ4n) is 3.97. The number of hydrogen-bond donors (Lipinski definition) is 1. The summed E-state index contributed by atoms with van der Waals surface area (Å²) in [5, 5.41) is 0. The zero-order valence-electron chi connectivity index (χ0n) is 13.6. The number of aromatic nitrogens is 2. The molecule has 2 aromatic rings. The Morgan fingerprint density at radius 2 is 2.35 bits per heavy atom. The Labute approximate surface area is 136 Å². The molecule has 1 aromatic heterocycles. The maximum absolute atomic E-state index is 12.7. The van der Waals surface area contributed by atoms with Crippen molar-refractivity contribution in [2.75, 3.05) is 26.3 Å². The van der Waals surface area contributed by atoms with Crippen molar-refractivity contribution in [3.05, 3.63) is 29.6 Å². The van der Waals surface area contributed by atoms with E-state index in [0.29, 0.717) is 6.42 Å². The smallest absolute Gasteiger partial charge is 0.227 e. The molecule has 0 radical (unpaired) electrons. The molecule has 122 valence electrons. The van der Waals surface area contributed by atoms with Gasteiger partial charge < -0.3 is 14.6 Å². The minimum absolute atomic E-state index is 0.221. The number of piperidine rings is 1. The number of amides is 1. The van der Waals surface area contributed by atoms with Crippen LogP contribution in [0.3, 0.4) is 0 Å². The van der Waals surface area contributed by atoms with E-state index in [1.165, 1.54) is 6.42 Å². The first-order chi connectivity index (χ1) is 11.1. The van der Waals surface area contributed by atoms with Crippen LogP contribution in [0.4, 0.5) is 0 Å². The molecule has 5 heteroatoms. The molecule has 2 aliphatic heterocycles. The Kier molecular flexibility index (Phi) is 3.60. The van der Waals surface area contributed by atoms with Crippen molar-refractivity contribution in [3.8, 4) is 0 Å². The van der Waals surface area contributed by atoms with E-state index in [1.54, 1.807) is 0 Å². The first-order valence-corrected chi connectivity index (χ1v) is 8.44. The summed E-state index contributed by atoms with van der Waals surface area (Å²) in [5.41, 5.74) is 3.23. The van der Waals surface area contributed by atoms with E-state index in [1.807, 2.05) is 30.0 Å². The van der Waals surface area contributed by atoms with Crippen LogP contribution < -0.4 is 0 Å². The van der Waals surface area contributed by atoms with Crippen molar-refractivity contribution in [1.82, 2.24) is 14.9 Å². The van der Waals surface area contributed by atoms with Crippen LogP contribution in [0.15, 0.2) is 18.2 Å². The number of carbonyl (C=O) groups is 1. The predicted molar refractivity (Wildman–Crippen MR) is 88.2 cm³/mol. The standard InChI is InChI=1S/C18H23N3O2/c1-13-19-15-4-3-14(9-16(15)20-13)10-17(22)21-7-2-5-18(11-21)6-8-23-12-18/h3-4,9H,2,5-8,10-12H2,1H3,(H,19,20)/t18-/m1/s1. The molecule has 0 bridgehead atoms. The van der Waals surface area contributed by atoms with E-state index in [2.05, 4.69) is 9.97 Å². The van der Waals surface area contributed by atoms with Gasteiger partial charge in [0.05, 0.1) is 24.1 Å². The highest BCUT2D eigenvalue weighted by atomic mass is 16.5. The second-order valence-electron chi connectivity index (χ2n) is 7.07. The van der Waals surface area contributed by atoms with E-state index in [-0.39, 0.29) is 11.3 Å². The number of H-pyrrole nitrogens is 1. The molecule has 0 aliphatic carbocycles. The molecule has 1 amide bonds. The van der Waals surface area contributed by atoms with Crippen molar-refractivity contribution in [1.29, 1.82) is 0 Å². The first-order valence-electron chi connectivity index (χ1n) is 8.44. The van der Waals surface area contributed by atoms with E-state index in [0.717, 1.165) is 61.6 Å². The Bertz CT molecular complexity index is 731. The minimum Gasteiger partial charge on any atom is -0.381 e. The summed E-state index contributed by atoms with van der Waals surface area (Å²) in [5.74, 6) is 1.13. The lowest BCUT2D eigenvalue weighted by Gasteiger charge is -2.39. The van der Waals surface area contributed by atoms with E-state index in [4.69, 9.17) is 4.74 Å². The number of imidazole rings is 1. The highest BCUT2D eigenvalue weighted by Gasteiger charge is 2.40. The maximum Gasteiger partial charge on any atom is 0.227 e. The normalized spacial score (nSPS) is 24.7. The van der Waals surface area contributed by atoms with Gasteiger partial charge in [-0.3, -0.25) is 4.79 Å². The number of carbonyl (C=O) groups excluding carboxylic acids is 1. The van der Waals surface area contributed by atoms with Crippen molar-refractivity contribution < 1.29 is 9.53 Å². The number of nitrogens with zero attached hydrogens (tertiary/aromatic N) is 2. The predicted octanol–water partition coefficient (Wildman–Crippen LogP) is 2.44. The topological polar surface area (TPSA) is 58.2 Å². The van der Waals surface area contributed by atoms with Gasteiger partial charge in [-0.1, -0.05) is 6.07 Å². The minimum atomic E-state index is 0.221. The molecule has 0 unspecified atom stereocenters. The molecule has 3 heterocycles. The van der Waals surface area contributed by atoms with Crippen molar-refractivity contribution in [2.45, 2.75) is 32.6 Å². The molecule has 5 nitrogen and oxygen atoms in total. The van der Waals surface area contributed by atoms with E-state index >= 15 is 0 Å². The number of rotatable bonds is 2. The summed E-state index contributed by atoms with van der Waals surface area (Å²) in [4.78, 5) is 22.4. The molecule has 1 atom stereocenters. The number of benzene rings is 1. The lowest BCUT2D eigenvalue weighted by atomic mass is 9.79. The zero-order valence-corrected chi connectivity index (χ0v) is 13.6. The fraction of sp³-hybridized carbons (Fsp3) is 0.556. The lowest BCUT2D eigenvalue weighted by Crippen LogP contribution is -2.47. The van der Waals surface area contributed by atoms with Crippen LogP contribution in [-0.4, -0.2) is 47.1 Å². The molecule has 1 aromatic carbocycles. The van der Waals surface area contributed by atoms with Gasteiger partial charge in [0, 0.05) is 25.1 Å². The molecular weight excluding hydrogens is 290 g/mol. The van der Waals surface area contributed by atoms with Crippen molar-refractivity contribution in [3.63, 3.8) is 0 Å². The molecule has 1 N–H and O–H groups in total. The third-order valence-electron chi connectivity index (χ3n) is 5.22. The summed E-state index contributed by atoms with van der Waals surface area (Å²) in [6, 6.07) is 6.05. The van der Waals surface area contributed by atoms with Crippen LogP contribution in [0.2, 0.25) is 0 Å². The summed E-state index contributed by atoms with van der Waals surface area (Å²) < 4.78 is 5.59. The molecule has 0 saturated carbocycles. The third-order valence-corrected chi connectivity index (χ3v) is 5.22. The van der Waals surface area contributed by atoms with Crippen molar-refractivity contribution in [2.24, 2.45) is 5.41 Å². The highest BCUT2D eigenvalue weighted by Crippen LogP contribution is 2.37. The first kappa shape index (κ1) is 14.7. The number of ether oxygens (including phenoxy) is 1. The SMILES string of the molecule is Cc1nc2ccc(CC(=O)N3CCC[C@@]4(CCOC4)C3)cc2[nH]1. The van der Waals surface area contributed by atoms with Crippen LogP contribution in [0.25, 0.3) is 11.0 Å². The average Bonchev–Trinajstić information content (AvgIpc) is 3.12. The monoisotopic (exact) mass is 313 g/mol. The van der Waals surface area contributed by atoms with E-state index in [9.17, 15) is 4.79 Å². The summed E-state index contributed by atoms with van der Waals surface area (Å²) in [6.07, 6.45) is 3.84. The van der Waals surface area contributed by atoms with Gasteiger partial charge in [-0.05, 0) is 43.9 Å². The molecule has 4 rings (SSSR count).